The third-order valence-electron chi connectivity index (χ3n) is 2.65. The Labute approximate surface area is 88.6 Å². The van der Waals surface area contributed by atoms with Crippen LogP contribution in [0.5, 0.6) is 0 Å². The summed E-state index contributed by atoms with van der Waals surface area (Å²) >= 11 is 0. The molecule has 1 fully saturated rings. The molecule has 1 aromatic rings. The van der Waals surface area contributed by atoms with Crippen LogP contribution in [0.1, 0.15) is 18.0 Å². The molecule has 1 atom stereocenters. The van der Waals surface area contributed by atoms with E-state index in [4.69, 9.17) is 0 Å². The number of aromatic nitrogens is 1. The first-order valence-electron chi connectivity index (χ1n) is 4.94. The molecule has 5 heteroatoms. The number of hydrogen-bond donors (Lipinski definition) is 0. The molecular formula is C10H11BFN2O. The van der Waals surface area contributed by atoms with Crippen molar-refractivity contribution in [2.45, 2.75) is 12.3 Å². The Morgan fingerprint density at radius 1 is 1.67 bits per heavy atom. The van der Waals surface area contributed by atoms with Crippen molar-refractivity contribution in [1.82, 2.24) is 9.79 Å². The fraction of sp³-hybridized carbons (Fsp3) is 0.400. The smallest absolute Gasteiger partial charge is 0.293 e. The minimum atomic E-state index is -0.252. The Kier molecular flexibility index (Phi) is 3.11. The molecule has 1 radical (unpaired) electrons. The van der Waals surface area contributed by atoms with Crippen molar-refractivity contribution in [3.05, 3.63) is 29.8 Å². The zero-order valence-electron chi connectivity index (χ0n) is 8.27. The first kappa shape index (κ1) is 10.3. The first-order chi connectivity index (χ1) is 7.29. The monoisotopic (exact) mass is 205 g/mol. The molecule has 0 saturated carbocycles. The number of rotatable bonds is 3. The highest BCUT2D eigenvalue weighted by atomic mass is 19.1. The molecule has 0 N–H and O–H groups in total. The summed E-state index contributed by atoms with van der Waals surface area (Å²) in [5.74, 6) is -0.0188. The van der Waals surface area contributed by atoms with Crippen LogP contribution in [0.4, 0.5) is 4.39 Å². The lowest BCUT2D eigenvalue weighted by Crippen LogP contribution is -2.26. The lowest BCUT2D eigenvalue weighted by molar-refractivity contribution is 0.531. The van der Waals surface area contributed by atoms with Gasteiger partial charge in [-0.2, -0.15) is 0 Å². The Morgan fingerprint density at radius 2 is 2.53 bits per heavy atom. The highest BCUT2D eigenvalue weighted by molar-refractivity contribution is 6.64. The molecule has 1 aliphatic heterocycles. The van der Waals surface area contributed by atoms with Crippen molar-refractivity contribution in [3.8, 4) is 0 Å². The van der Waals surface area contributed by atoms with Crippen LogP contribution in [0.3, 0.4) is 0 Å². The van der Waals surface area contributed by atoms with Gasteiger partial charge in [0.2, 0.25) is 0 Å². The molecule has 1 aromatic heterocycles. The number of nitrogens with zero attached hydrogens (tertiary/aromatic N) is 2. The van der Waals surface area contributed by atoms with Crippen molar-refractivity contribution >= 4 is 13.6 Å². The molecule has 0 spiro atoms. The van der Waals surface area contributed by atoms with Gasteiger partial charge >= 0.3 is 0 Å². The van der Waals surface area contributed by atoms with Crippen molar-refractivity contribution < 1.29 is 9.18 Å². The zero-order chi connectivity index (χ0) is 10.7. The molecule has 1 aliphatic rings. The summed E-state index contributed by atoms with van der Waals surface area (Å²) in [5, 5.41) is 0. The van der Waals surface area contributed by atoms with Crippen LogP contribution in [-0.4, -0.2) is 36.5 Å². The molecule has 0 aliphatic carbocycles. The largest absolute Gasteiger partial charge is 0.339 e. The van der Waals surface area contributed by atoms with Gasteiger partial charge < -0.3 is 9.61 Å². The molecule has 77 valence electrons. The molecule has 2 heterocycles. The van der Waals surface area contributed by atoms with Crippen molar-refractivity contribution in [2.24, 2.45) is 0 Å². The number of halogens is 1. The van der Waals surface area contributed by atoms with E-state index in [0.717, 1.165) is 31.4 Å². The van der Waals surface area contributed by atoms with Gasteiger partial charge in [0.15, 0.2) is 0 Å². The maximum atomic E-state index is 12.9. The number of carbonyl (C=O) groups is 1. The number of hydrogen-bond acceptors (Lipinski definition) is 3. The van der Waals surface area contributed by atoms with Gasteiger partial charge in [0.25, 0.3) is 7.41 Å². The van der Waals surface area contributed by atoms with Gasteiger partial charge in [-0.3, -0.25) is 4.98 Å². The summed E-state index contributed by atoms with van der Waals surface area (Å²) in [7, 11) is 1.53. The standard InChI is InChI=1S/C10H11BFN2O/c12-9-1-3-13-10(5-9)8-2-4-14(6-8)11-7-15/h1,3,5,7-8H,2,4,6H2. The minimum absolute atomic E-state index is 0.233. The quantitative estimate of drug-likeness (QED) is 0.541. The lowest BCUT2D eigenvalue weighted by atomic mass is 9.95. The summed E-state index contributed by atoms with van der Waals surface area (Å²) in [6.07, 6.45) is 3.18. The number of carbonyl (C=O) groups excluding carboxylic acids is 1. The second-order valence-electron chi connectivity index (χ2n) is 3.66. The van der Waals surface area contributed by atoms with E-state index in [0.29, 0.717) is 0 Å². The molecule has 2 rings (SSSR count). The molecule has 3 nitrogen and oxygen atoms in total. The van der Waals surface area contributed by atoms with Crippen LogP contribution in [0.25, 0.3) is 0 Å². The maximum Gasteiger partial charge on any atom is 0.293 e. The topological polar surface area (TPSA) is 33.2 Å². The predicted molar refractivity (Wildman–Crippen MR) is 55.6 cm³/mol. The van der Waals surface area contributed by atoms with Gasteiger partial charge in [0, 0.05) is 17.8 Å². The fourth-order valence-electron chi connectivity index (χ4n) is 1.89. The second-order valence-corrected chi connectivity index (χ2v) is 3.66. The molecule has 0 bridgehead atoms. The number of pyridine rings is 1. The average molecular weight is 205 g/mol. The fourth-order valence-corrected chi connectivity index (χ4v) is 1.89. The SMILES string of the molecule is O=C[B]N1CCC(c2cc(F)ccn2)C1. The van der Waals surface area contributed by atoms with Crippen LogP contribution >= 0.6 is 0 Å². The molecule has 1 unspecified atom stereocenters. The van der Waals surface area contributed by atoms with Crippen molar-refractivity contribution in [1.29, 1.82) is 0 Å². The maximum absolute atomic E-state index is 12.9. The van der Waals surface area contributed by atoms with E-state index in [1.54, 1.807) is 0 Å². The first-order valence-corrected chi connectivity index (χ1v) is 4.94. The Bertz CT molecular complexity index is 361. The van der Waals surface area contributed by atoms with Gasteiger partial charge in [-0.15, -0.1) is 0 Å². The summed E-state index contributed by atoms with van der Waals surface area (Å²) in [6.45, 7) is 1.58. The summed E-state index contributed by atoms with van der Waals surface area (Å²) in [5.41, 5.74) is 0.775. The van der Waals surface area contributed by atoms with E-state index in [1.807, 2.05) is 4.81 Å². The highest BCUT2D eigenvalue weighted by Crippen LogP contribution is 2.24. The van der Waals surface area contributed by atoms with E-state index in [-0.39, 0.29) is 11.7 Å². The Hall–Kier alpha value is -1.23. The van der Waals surface area contributed by atoms with Crippen molar-refractivity contribution in [3.63, 3.8) is 0 Å². The van der Waals surface area contributed by atoms with Crippen LogP contribution in [0.15, 0.2) is 18.3 Å². The van der Waals surface area contributed by atoms with E-state index in [1.165, 1.54) is 25.7 Å². The van der Waals surface area contributed by atoms with E-state index < -0.39 is 0 Å². The summed E-state index contributed by atoms with van der Waals surface area (Å²) in [4.78, 5) is 16.4. The Morgan fingerprint density at radius 3 is 3.27 bits per heavy atom. The van der Waals surface area contributed by atoms with E-state index >= 15 is 0 Å². The Balaban J connectivity index is 2.04. The molecule has 1 saturated heterocycles. The predicted octanol–water partition coefficient (Wildman–Crippen LogP) is 0.819. The average Bonchev–Trinajstić information content (AvgIpc) is 2.67. The third kappa shape index (κ3) is 2.42. The third-order valence-corrected chi connectivity index (χ3v) is 2.65. The van der Waals surface area contributed by atoms with Crippen LogP contribution < -0.4 is 0 Å². The molecule has 15 heavy (non-hydrogen) atoms. The van der Waals surface area contributed by atoms with Gasteiger partial charge in [-0.25, -0.2) is 4.39 Å². The van der Waals surface area contributed by atoms with Gasteiger partial charge in [0.05, 0.1) is 6.19 Å². The molecule has 0 aromatic carbocycles. The van der Waals surface area contributed by atoms with E-state index in [2.05, 4.69) is 4.98 Å². The van der Waals surface area contributed by atoms with Gasteiger partial charge in [-0.1, -0.05) is 0 Å². The van der Waals surface area contributed by atoms with Crippen LogP contribution in [0.2, 0.25) is 0 Å². The molecule has 0 amide bonds. The normalized spacial score (nSPS) is 21.5. The summed E-state index contributed by atoms with van der Waals surface area (Å²) in [6, 6.07) is 2.81. The second kappa shape index (κ2) is 4.53. The van der Waals surface area contributed by atoms with Gasteiger partial charge in [-0.05, 0) is 31.6 Å². The minimum Gasteiger partial charge on any atom is -0.339 e. The lowest BCUT2D eigenvalue weighted by Gasteiger charge is -2.11. The van der Waals surface area contributed by atoms with Crippen LogP contribution in [-0.2, 0) is 4.79 Å². The highest BCUT2D eigenvalue weighted by Gasteiger charge is 2.24. The van der Waals surface area contributed by atoms with Gasteiger partial charge in [0.1, 0.15) is 5.82 Å². The van der Waals surface area contributed by atoms with E-state index in [9.17, 15) is 9.18 Å². The molecular weight excluding hydrogens is 194 g/mol. The van der Waals surface area contributed by atoms with Crippen molar-refractivity contribution in [2.75, 3.05) is 13.1 Å². The summed E-state index contributed by atoms with van der Waals surface area (Å²) < 4.78 is 12.9. The zero-order valence-corrected chi connectivity index (χ0v) is 8.27. The van der Waals surface area contributed by atoms with Crippen LogP contribution in [0, 0.1) is 5.82 Å².